The fourth-order valence-corrected chi connectivity index (χ4v) is 2.95. The van der Waals surface area contributed by atoms with Gasteiger partial charge in [-0.3, -0.25) is 0 Å². The minimum atomic E-state index is 0. The van der Waals surface area contributed by atoms with Crippen molar-refractivity contribution in [3.8, 4) is 11.5 Å². The van der Waals surface area contributed by atoms with E-state index in [9.17, 15) is 0 Å². The van der Waals surface area contributed by atoms with E-state index in [1.54, 1.807) is 14.2 Å². The van der Waals surface area contributed by atoms with Crippen LogP contribution in [0.15, 0.2) is 23.2 Å². The third-order valence-corrected chi connectivity index (χ3v) is 4.18. The molecule has 0 bridgehead atoms. The first kappa shape index (κ1) is 20.9. The van der Waals surface area contributed by atoms with Crippen LogP contribution in [0.25, 0.3) is 0 Å². The van der Waals surface area contributed by atoms with Crippen molar-refractivity contribution < 1.29 is 9.47 Å². The molecule has 24 heavy (non-hydrogen) atoms. The molecule has 6 heteroatoms. The standard InChI is InChI=1S/C18H29N3O2.HI/c1-5-19-18(21-10-6-7-14(2)13-21)20-12-15-8-9-16(22-3)11-17(15)23-4;/h8-9,11,14H,5-7,10,12-13H2,1-4H3,(H,19,20);1H. The highest BCUT2D eigenvalue weighted by atomic mass is 127. The van der Waals surface area contributed by atoms with Gasteiger partial charge in [0.1, 0.15) is 11.5 Å². The summed E-state index contributed by atoms with van der Waals surface area (Å²) < 4.78 is 10.7. The lowest BCUT2D eigenvalue weighted by Gasteiger charge is -2.33. The first-order valence-electron chi connectivity index (χ1n) is 8.42. The summed E-state index contributed by atoms with van der Waals surface area (Å²) >= 11 is 0. The Morgan fingerprint density at radius 3 is 2.75 bits per heavy atom. The number of piperidine rings is 1. The molecule has 0 saturated carbocycles. The van der Waals surface area contributed by atoms with E-state index < -0.39 is 0 Å². The predicted molar refractivity (Wildman–Crippen MR) is 110 cm³/mol. The van der Waals surface area contributed by atoms with E-state index in [-0.39, 0.29) is 24.0 Å². The van der Waals surface area contributed by atoms with Crippen molar-refractivity contribution in [3.63, 3.8) is 0 Å². The van der Waals surface area contributed by atoms with Crippen LogP contribution in [-0.2, 0) is 6.54 Å². The number of rotatable bonds is 5. The number of nitrogens with one attached hydrogen (secondary N) is 1. The van der Waals surface area contributed by atoms with E-state index in [0.717, 1.165) is 48.6 Å². The van der Waals surface area contributed by atoms with Crippen LogP contribution < -0.4 is 14.8 Å². The summed E-state index contributed by atoms with van der Waals surface area (Å²) in [6, 6.07) is 5.87. The summed E-state index contributed by atoms with van der Waals surface area (Å²) in [5.41, 5.74) is 1.06. The van der Waals surface area contributed by atoms with Gasteiger partial charge in [-0.15, -0.1) is 24.0 Å². The van der Waals surface area contributed by atoms with Crippen LogP contribution in [0.4, 0.5) is 0 Å². The Bertz CT molecular complexity index is 537. The van der Waals surface area contributed by atoms with Crippen molar-refractivity contribution >= 4 is 29.9 Å². The lowest BCUT2D eigenvalue weighted by atomic mass is 10.0. The normalized spacial score (nSPS) is 17.9. The zero-order valence-electron chi connectivity index (χ0n) is 15.2. The number of halogens is 1. The molecule has 1 unspecified atom stereocenters. The van der Waals surface area contributed by atoms with E-state index >= 15 is 0 Å². The number of ether oxygens (including phenoxy) is 2. The van der Waals surface area contributed by atoms with Crippen molar-refractivity contribution in [2.45, 2.75) is 33.2 Å². The molecule has 1 atom stereocenters. The molecule has 0 amide bonds. The molecule has 1 aliphatic heterocycles. The minimum absolute atomic E-state index is 0. The number of nitrogens with zero attached hydrogens (tertiary/aromatic N) is 2. The summed E-state index contributed by atoms with van der Waals surface area (Å²) in [6.07, 6.45) is 2.54. The summed E-state index contributed by atoms with van der Waals surface area (Å²) in [5, 5.41) is 3.41. The van der Waals surface area contributed by atoms with Gasteiger partial charge in [0.25, 0.3) is 0 Å². The maximum absolute atomic E-state index is 5.46. The van der Waals surface area contributed by atoms with Gasteiger partial charge in [0.05, 0.1) is 20.8 Å². The molecule has 1 fully saturated rings. The van der Waals surface area contributed by atoms with Crippen molar-refractivity contribution in [2.75, 3.05) is 33.9 Å². The van der Waals surface area contributed by atoms with Crippen LogP contribution in [0.1, 0.15) is 32.3 Å². The van der Waals surface area contributed by atoms with Crippen molar-refractivity contribution in [3.05, 3.63) is 23.8 Å². The molecule has 1 N–H and O–H groups in total. The zero-order valence-corrected chi connectivity index (χ0v) is 17.5. The zero-order chi connectivity index (χ0) is 16.7. The number of aliphatic imine (C=N–C) groups is 1. The van der Waals surface area contributed by atoms with Crippen LogP contribution >= 0.6 is 24.0 Å². The fourth-order valence-electron chi connectivity index (χ4n) is 2.95. The second-order valence-electron chi connectivity index (χ2n) is 6.04. The SMILES string of the molecule is CCNC(=NCc1ccc(OC)cc1OC)N1CCCC(C)C1.I. The van der Waals surface area contributed by atoms with Gasteiger partial charge < -0.3 is 19.7 Å². The van der Waals surface area contributed by atoms with Gasteiger partial charge in [-0.1, -0.05) is 6.92 Å². The van der Waals surface area contributed by atoms with Crippen molar-refractivity contribution in [2.24, 2.45) is 10.9 Å². The molecule has 5 nitrogen and oxygen atoms in total. The first-order chi connectivity index (χ1) is 11.2. The van der Waals surface area contributed by atoms with Gasteiger partial charge in [0.15, 0.2) is 5.96 Å². The second-order valence-corrected chi connectivity index (χ2v) is 6.04. The highest BCUT2D eigenvalue weighted by molar-refractivity contribution is 14.0. The van der Waals surface area contributed by atoms with Gasteiger partial charge in [-0.2, -0.15) is 0 Å². The van der Waals surface area contributed by atoms with Gasteiger partial charge in [-0.25, -0.2) is 4.99 Å². The van der Waals surface area contributed by atoms with Gasteiger partial charge in [0, 0.05) is 31.3 Å². The summed E-state index contributed by atoms with van der Waals surface area (Å²) in [7, 11) is 3.34. The van der Waals surface area contributed by atoms with E-state index in [2.05, 4.69) is 24.1 Å². The fraction of sp³-hybridized carbons (Fsp3) is 0.611. The maximum Gasteiger partial charge on any atom is 0.194 e. The molecule has 136 valence electrons. The Balaban J connectivity index is 0.00000288. The van der Waals surface area contributed by atoms with E-state index in [4.69, 9.17) is 14.5 Å². The van der Waals surface area contributed by atoms with E-state index in [0.29, 0.717) is 6.54 Å². The number of benzene rings is 1. The van der Waals surface area contributed by atoms with Crippen LogP contribution in [0.5, 0.6) is 11.5 Å². The Kier molecular flexibility index (Phi) is 9.25. The Hall–Kier alpha value is -1.18. The topological polar surface area (TPSA) is 46.1 Å². The minimum Gasteiger partial charge on any atom is -0.497 e. The number of hydrogen-bond acceptors (Lipinski definition) is 3. The van der Waals surface area contributed by atoms with Crippen LogP contribution in [0.2, 0.25) is 0 Å². The maximum atomic E-state index is 5.46. The molecule has 0 aromatic heterocycles. The Morgan fingerprint density at radius 2 is 2.12 bits per heavy atom. The van der Waals surface area contributed by atoms with Crippen LogP contribution in [0.3, 0.4) is 0 Å². The summed E-state index contributed by atoms with van der Waals surface area (Å²) in [5.74, 6) is 3.34. The molecular formula is C18H30IN3O2. The van der Waals surface area contributed by atoms with Crippen LogP contribution in [-0.4, -0.2) is 44.7 Å². The molecule has 1 saturated heterocycles. The lowest BCUT2D eigenvalue weighted by Crippen LogP contribution is -2.46. The molecule has 1 aliphatic rings. The second kappa shape index (κ2) is 10.6. The number of methoxy groups -OCH3 is 2. The number of hydrogen-bond donors (Lipinski definition) is 1. The molecular weight excluding hydrogens is 417 g/mol. The average molecular weight is 447 g/mol. The van der Waals surface area contributed by atoms with Gasteiger partial charge in [0.2, 0.25) is 0 Å². The Labute approximate surface area is 162 Å². The third-order valence-electron chi connectivity index (χ3n) is 4.18. The molecule has 1 heterocycles. The molecule has 1 aromatic carbocycles. The van der Waals surface area contributed by atoms with Crippen molar-refractivity contribution in [1.29, 1.82) is 0 Å². The molecule has 1 aromatic rings. The quantitative estimate of drug-likeness (QED) is 0.426. The van der Waals surface area contributed by atoms with E-state index in [1.807, 2.05) is 18.2 Å². The van der Waals surface area contributed by atoms with Gasteiger partial charge in [-0.05, 0) is 37.8 Å². The number of likely N-dealkylation sites (tertiary alicyclic amines) is 1. The van der Waals surface area contributed by atoms with E-state index in [1.165, 1.54) is 12.8 Å². The smallest absolute Gasteiger partial charge is 0.194 e. The first-order valence-corrected chi connectivity index (χ1v) is 8.42. The predicted octanol–water partition coefficient (Wildman–Crippen LogP) is 3.52. The molecule has 2 rings (SSSR count). The molecule has 0 spiro atoms. The molecule has 0 aliphatic carbocycles. The largest absolute Gasteiger partial charge is 0.497 e. The van der Waals surface area contributed by atoms with Gasteiger partial charge >= 0.3 is 0 Å². The average Bonchev–Trinajstić information content (AvgIpc) is 2.58. The highest BCUT2D eigenvalue weighted by Gasteiger charge is 2.19. The summed E-state index contributed by atoms with van der Waals surface area (Å²) in [4.78, 5) is 7.19. The van der Waals surface area contributed by atoms with Crippen molar-refractivity contribution in [1.82, 2.24) is 10.2 Å². The monoisotopic (exact) mass is 447 g/mol. The number of guanidine groups is 1. The highest BCUT2D eigenvalue weighted by Crippen LogP contribution is 2.25. The van der Waals surface area contributed by atoms with Crippen LogP contribution in [0, 0.1) is 5.92 Å². The Morgan fingerprint density at radius 1 is 1.33 bits per heavy atom. The third kappa shape index (κ3) is 5.72. The molecule has 0 radical (unpaired) electrons. The summed E-state index contributed by atoms with van der Waals surface area (Å²) in [6.45, 7) is 8.05. The lowest BCUT2D eigenvalue weighted by molar-refractivity contribution is 0.266.